The number of hydrogen-bond donors (Lipinski definition) is 4. The fraction of sp³-hybridized carbons (Fsp3) is 0.316. The van der Waals surface area contributed by atoms with Crippen LogP contribution >= 0.6 is 0 Å². The van der Waals surface area contributed by atoms with Crippen molar-refractivity contribution in [1.29, 1.82) is 0 Å². The summed E-state index contributed by atoms with van der Waals surface area (Å²) in [5.41, 5.74) is 7.38. The number of nitrogens with two attached hydrogens (primary N) is 1. The summed E-state index contributed by atoms with van der Waals surface area (Å²) in [6.07, 6.45) is 4.05. The van der Waals surface area contributed by atoms with Gasteiger partial charge in [-0.1, -0.05) is 12.1 Å². The lowest BCUT2D eigenvalue weighted by atomic mass is 9.93. The number of anilines is 2. The Bertz CT molecular complexity index is 784. The van der Waals surface area contributed by atoms with Gasteiger partial charge >= 0.3 is 0 Å². The first-order valence-corrected chi connectivity index (χ1v) is 8.64. The zero-order valence-corrected chi connectivity index (χ0v) is 14.3. The Morgan fingerprint density at radius 1 is 1.04 bits per heavy atom. The number of carbonyl (C=O) groups excluding carboxylic acids is 2. The third-order valence-electron chi connectivity index (χ3n) is 4.50. The highest BCUT2D eigenvalue weighted by atomic mass is 16.3. The van der Waals surface area contributed by atoms with E-state index < -0.39 is 5.91 Å². The Balaban J connectivity index is 1.60. The summed E-state index contributed by atoms with van der Waals surface area (Å²) in [4.78, 5) is 28.6. The normalized spacial score (nSPS) is 19.6. The maximum absolute atomic E-state index is 12.3. The van der Waals surface area contributed by atoms with Gasteiger partial charge in [0.25, 0.3) is 11.8 Å². The zero-order valence-electron chi connectivity index (χ0n) is 14.3. The number of amides is 2. The predicted octanol–water partition coefficient (Wildman–Crippen LogP) is 1.95. The Labute approximate surface area is 151 Å². The summed E-state index contributed by atoms with van der Waals surface area (Å²) in [6.45, 7) is 0. The van der Waals surface area contributed by atoms with E-state index in [1.165, 1.54) is 12.3 Å². The number of nitrogens with one attached hydrogen (secondary N) is 2. The van der Waals surface area contributed by atoms with Crippen molar-refractivity contribution >= 4 is 23.2 Å². The van der Waals surface area contributed by atoms with Crippen molar-refractivity contribution in [2.45, 2.75) is 37.8 Å². The third-order valence-corrected chi connectivity index (χ3v) is 4.50. The first-order valence-electron chi connectivity index (χ1n) is 8.64. The second-order valence-corrected chi connectivity index (χ2v) is 6.45. The van der Waals surface area contributed by atoms with Crippen molar-refractivity contribution in [2.24, 2.45) is 0 Å². The molecule has 26 heavy (non-hydrogen) atoms. The standard InChI is InChI=1S/C19H22N4O3/c20-15-3-1-2-4-16(15)23-19(26)17-10-5-12(11-21-17)18(25)22-13-6-8-14(24)9-7-13/h1-5,10-11,13-14,24H,6-9,20H2,(H,22,25)(H,23,26). The molecule has 1 saturated carbocycles. The Morgan fingerprint density at radius 3 is 2.42 bits per heavy atom. The van der Waals surface area contributed by atoms with Crippen LogP contribution in [0.5, 0.6) is 0 Å². The molecule has 7 heteroatoms. The molecular weight excluding hydrogens is 332 g/mol. The van der Waals surface area contributed by atoms with Gasteiger partial charge in [0.15, 0.2) is 0 Å². The number of nitrogens with zero attached hydrogens (tertiary/aromatic N) is 1. The van der Waals surface area contributed by atoms with E-state index in [9.17, 15) is 14.7 Å². The number of aliphatic hydroxyl groups is 1. The van der Waals surface area contributed by atoms with Crippen LogP contribution in [0, 0.1) is 0 Å². The molecule has 0 saturated heterocycles. The van der Waals surface area contributed by atoms with Gasteiger partial charge < -0.3 is 21.5 Å². The molecule has 0 atom stereocenters. The molecule has 0 spiro atoms. The molecule has 1 heterocycles. The molecule has 1 aliphatic carbocycles. The minimum absolute atomic E-state index is 0.0648. The minimum atomic E-state index is -0.392. The Kier molecular flexibility index (Phi) is 5.48. The summed E-state index contributed by atoms with van der Waals surface area (Å²) in [6, 6.07) is 10.1. The van der Waals surface area contributed by atoms with Gasteiger partial charge in [0.2, 0.25) is 0 Å². The van der Waals surface area contributed by atoms with E-state index in [2.05, 4.69) is 15.6 Å². The molecule has 136 valence electrons. The molecule has 3 rings (SSSR count). The summed E-state index contributed by atoms with van der Waals surface area (Å²) >= 11 is 0. The van der Waals surface area contributed by atoms with Crippen LogP contribution in [0.25, 0.3) is 0 Å². The van der Waals surface area contributed by atoms with Crippen LogP contribution in [0.4, 0.5) is 11.4 Å². The molecule has 1 aromatic carbocycles. The summed E-state index contributed by atoms with van der Waals surface area (Å²) in [7, 11) is 0. The number of nitrogen functional groups attached to an aromatic ring is 1. The van der Waals surface area contributed by atoms with E-state index in [0.717, 1.165) is 12.8 Å². The third kappa shape index (κ3) is 4.37. The maximum atomic E-state index is 12.3. The van der Waals surface area contributed by atoms with E-state index in [1.807, 2.05) is 0 Å². The lowest BCUT2D eigenvalue weighted by Gasteiger charge is -2.26. The van der Waals surface area contributed by atoms with Crippen LogP contribution < -0.4 is 16.4 Å². The number of pyridine rings is 1. The number of para-hydroxylation sites is 2. The average molecular weight is 354 g/mol. The van der Waals surface area contributed by atoms with Gasteiger partial charge in [0.1, 0.15) is 5.69 Å². The monoisotopic (exact) mass is 354 g/mol. The molecule has 2 aromatic rings. The molecule has 1 aliphatic rings. The molecule has 0 radical (unpaired) electrons. The van der Waals surface area contributed by atoms with Gasteiger partial charge in [-0.25, -0.2) is 0 Å². The van der Waals surface area contributed by atoms with Crippen molar-refractivity contribution in [1.82, 2.24) is 10.3 Å². The molecule has 2 amide bonds. The van der Waals surface area contributed by atoms with Crippen LogP contribution in [0.2, 0.25) is 0 Å². The lowest BCUT2D eigenvalue weighted by molar-refractivity contribution is 0.0866. The maximum Gasteiger partial charge on any atom is 0.274 e. The minimum Gasteiger partial charge on any atom is -0.397 e. The van der Waals surface area contributed by atoms with Crippen molar-refractivity contribution in [3.63, 3.8) is 0 Å². The number of benzene rings is 1. The van der Waals surface area contributed by atoms with E-state index in [0.29, 0.717) is 29.8 Å². The van der Waals surface area contributed by atoms with E-state index in [4.69, 9.17) is 5.73 Å². The summed E-state index contributed by atoms with van der Waals surface area (Å²) in [5, 5.41) is 15.2. The molecule has 1 fully saturated rings. The van der Waals surface area contributed by atoms with E-state index >= 15 is 0 Å². The first kappa shape index (κ1) is 17.9. The highest BCUT2D eigenvalue weighted by Crippen LogP contribution is 2.19. The number of carbonyl (C=O) groups is 2. The first-order chi connectivity index (χ1) is 12.5. The topological polar surface area (TPSA) is 117 Å². The second kappa shape index (κ2) is 7.97. The molecule has 0 bridgehead atoms. The lowest BCUT2D eigenvalue weighted by Crippen LogP contribution is -2.38. The quantitative estimate of drug-likeness (QED) is 0.626. The van der Waals surface area contributed by atoms with Gasteiger partial charge in [-0.15, -0.1) is 0 Å². The van der Waals surface area contributed by atoms with Gasteiger partial charge in [-0.2, -0.15) is 0 Å². The largest absolute Gasteiger partial charge is 0.397 e. The number of hydrogen-bond acceptors (Lipinski definition) is 5. The van der Waals surface area contributed by atoms with Gasteiger partial charge in [0.05, 0.1) is 23.0 Å². The average Bonchev–Trinajstić information content (AvgIpc) is 2.65. The van der Waals surface area contributed by atoms with Gasteiger partial charge in [0, 0.05) is 12.2 Å². The zero-order chi connectivity index (χ0) is 18.5. The molecule has 5 N–H and O–H groups in total. The molecule has 0 unspecified atom stereocenters. The van der Waals surface area contributed by atoms with Crippen molar-refractivity contribution in [2.75, 3.05) is 11.1 Å². The van der Waals surface area contributed by atoms with Crippen molar-refractivity contribution < 1.29 is 14.7 Å². The fourth-order valence-electron chi connectivity index (χ4n) is 2.95. The van der Waals surface area contributed by atoms with Crippen LogP contribution in [0.15, 0.2) is 42.6 Å². The predicted molar refractivity (Wildman–Crippen MR) is 98.8 cm³/mol. The van der Waals surface area contributed by atoms with Crippen molar-refractivity contribution in [3.05, 3.63) is 53.9 Å². The molecule has 0 aliphatic heterocycles. The summed E-state index contributed by atoms with van der Waals surface area (Å²) in [5.74, 6) is -0.616. The molecular formula is C19H22N4O3. The summed E-state index contributed by atoms with van der Waals surface area (Å²) < 4.78 is 0. The Hall–Kier alpha value is -2.93. The Morgan fingerprint density at radius 2 is 1.77 bits per heavy atom. The smallest absolute Gasteiger partial charge is 0.274 e. The number of aliphatic hydroxyl groups excluding tert-OH is 1. The fourth-order valence-corrected chi connectivity index (χ4v) is 2.95. The van der Waals surface area contributed by atoms with E-state index in [-0.39, 0.29) is 23.7 Å². The highest BCUT2D eigenvalue weighted by Gasteiger charge is 2.21. The van der Waals surface area contributed by atoms with Crippen molar-refractivity contribution in [3.8, 4) is 0 Å². The number of rotatable bonds is 4. The highest BCUT2D eigenvalue weighted by molar-refractivity contribution is 6.04. The second-order valence-electron chi connectivity index (χ2n) is 6.45. The van der Waals surface area contributed by atoms with Gasteiger partial charge in [-0.3, -0.25) is 14.6 Å². The van der Waals surface area contributed by atoms with Crippen LogP contribution in [0.1, 0.15) is 46.5 Å². The molecule has 1 aromatic heterocycles. The van der Waals surface area contributed by atoms with Gasteiger partial charge in [-0.05, 0) is 49.9 Å². The molecule has 7 nitrogen and oxygen atoms in total. The van der Waals surface area contributed by atoms with E-state index in [1.54, 1.807) is 30.3 Å². The van der Waals surface area contributed by atoms with Crippen LogP contribution in [0.3, 0.4) is 0 Å². The number of aromatic nitrogens is 1. The SMILES string of the molecule is Nc1ccccc1NC(=O)c1ccc(C(=O)NC2CCC(O)CC2)cn1. The van der Waals surface area contributed by atoms with Crippen LogP contribution in [-0.4, -0.2) is 34.1 Å². The van der Waals surface area contributed by atoms with Crippen LogP contribution in [-0.2, 0) is 0 Å².